The molecular formula is C17H16ClN3O. The average molecular weight is 314 g/mol. The van der Waals surface area contributed by atoms with Crippen LogP contribution in [0, 0.1) is 11.3 Å². The predicted octanol–water partition coefficient (Wildman–Crippen LogP) is 3.50. The highest BCUT2D eigenvalue weighted by molar-refractivity contribution is 6.32. The first-order chi connectivity index (χ1) is 10.6. The number of carbonyl (C=O) groups excluding carboxylic acids is 1. The van der Waals surface area contributed by atoms with Gasteiger partial charge in [0.15, 0.2) is 0 Å². The van der Waals surface area contributed by atoms with Gasteiger partial charge in [0.1, 0.15) is 6.07 Å². The molecule has 0 saturated heterocycles. The fourth-order valence-electron chi connectivity index (χ4n) is 1.99. The van der Waals surface area contributed by atoms with Gasteiger partial charge in [0, 0.05) is 11.7 Å². The molecule has 1 atom stereocenters. The average Bonchev–Trinajstić information content (AvgIpc) is 2.53. The number of anilines is 1. The van der Waals surface area contributed by atoms with Crippen LogP contribution in [0.3, 0.4) is 0 Å². The first-order valence-corrected chi connectivity index (χ1v) is 7.26. The van der Waals surface area contributed by atoms with Crippen molar-refractivity contribution in [1.82, 2.24) is 5.32 Å². The number of nitrogens with zero attached hydrogens (tertiary/aromatic N) is 1. The van der Waals surface area contributed by atoms with Gasteiger partial charge in [0.25, 0.3) is 0 Å². The van der Waals surface area contributed by atoms with Crippen molar-refractivity contribution < 1.29 is 4.79 Å². The third kappa shape index (κ3) is 4.32. The molecule has 2 rings (SSSR count). The van der Waals surface area contributed by atoms with Crippen LogP contribution in [-0.2, 0) is 4.79 Å². The van der Waals surface area contributed by atoms with Gasteiger partial charge in [-0.3, -0.25) is 4.79 Å². The number of carbonyl (C=O) groups is 1. The van der Waals surface area contributed by atoms with Crippen LogP contribution < -0.4 is 10.6 Å². The second-order valence-corrected chi connectivity index (χ2v) is 5.28. The van der Waals surface area contributed by atoms with E-state index in [2.05, 4.69) is 10.6 Å². The Morgan fingerprint density at radius 3 is 2.64 bits per heavy atom. The highest BCUT2D eigenvalue weighted by Gasteiger charge is 2.08. The summed E-state index contributed by atoms with van der Waals surface area (Å²) >= 11 is 5.93. The number of amides is 1. The van der Waals surface area contributed by atoms with Crippen LogP contribution in [0.2, 0.25) is 5.02 Å². The summed E-state index contributed by atoms with van der Waals surface area (Å²) in [5.41, 5.74) is 2.08. The molecule has 22 heavy (non-hydrogen) atoms. The molecule has 0 saturated carbocycles. The molecule has 0 radical (unpaired) electrons. The Balaban J connectivity index is 1.88. The second kappa shape index (κ2) is 7.60. The molecule has 1 amide bonds. The largest absolute Gasteiger partial charge is 0.325 e. The van der Waals surface area contributed by atoms with E-state index in [1.807, 2.05) is 43.3 Å². The lowest BCUT2D eigenvalue weighted by Gasteiger charge is -2.14. The molecule has 5 heteroatoms. The number of nitrogens with one attached hydrogen (secondary N) is 2. The first kappa shape index (κ1) is 16.0. The minimum absolute atomic E-state index is 0.0801. The van der Waals surface area contributed by atoms with Crippen LogP contribution >= 0.6 is 11.6 Å². The molecule has 0 heterocycles. The van der Waals surface area contributed by atoms with E-state index in [1.54, 1.807) is 18.2 Å². The Bertz CT molecular complexity index is 695. The summed E-state index contributed by atoms with van der Waals surface area (Å²) in [6.45, 7) is 2.19. The predicted molar refractivity (Wildman–Crippen MR) is 87.7 cm³/mol. The van der Waals surface area contributed by atoms with Gasteiger partial charge in [-0.15, -0.1) is 0 Å². The molecule has 0 spiro atoms. The summed E-state index contributed by atoms with van der Waals surface area (Å²) in [6, 6.07) is 16.8. The van der Waals surface area contributed by atoms with Crippen LogP contribution in [0.5, 0.6) is 0 Å². The van der Waals surface area contributed by atoms with E-state index in [0.717, 1.165) is 5.56 Å². The first-order valence-electron chi connectivity index (χ1n) is 6.88. The number of hydrogen-bond donors (Lipinski definition) is 2. The fourth-order valence-corrected chi connectivity index (χ4v) is 2.22. The van der Waals surface area contributed by atoms with E-state index in [4.69, 9.17) is 16.9 Å². The van der Waals surface area contributed by atoms with E-state index < -0.39 is 0 Å². The third-order valence-electron chi connectivity index (χ3n) is 3.24. The lowest BCUT2D eigenvalue weighted by atomic mass is 10.1. The number of halogens is 1. The topological polar surface area (TPSA) is 64.9 Å². The van der Waals surface area contributed by atoms with Crippen LogP contribution in [0.1, 0.15) is 24.1 Å². The molecule has 0 fully saturated rings. The van der Waals surface area contributed by atoms with E-state index in [-0.39, 0.29) is 18.5 Å². The van der Waals surface area contributed by atoms with Crippen molar-refractivity contribution in [3.8, 4) is 6.07 Å². The molecule has 0 aliphatic carbocycles. The lowest BCUT2D eigenvalue weighted by molar-refractivity contribution is -0.115. The summed E-state index contributed by atoms with van der Waals surface area (Å²) < 4.78 is 0. The summed E-state index contributed by atoms with van der Waals surface area (Å²) in [7, 11) is 0. The highest BCUT2D eigenvalue weighted by Crippen LogP contribution is 2.20. The molecule has 112 valence electrons. The zero-order chi connectivity index (χ0) is 15.9. The van der Waals surface area contributed by atoms with Crippen molar-refractivity contribution in [2.75, 3.05) is 11.9 Å². The summed E-state index contributed by atoms with van der Waals surface area (Å²) in [4.78, 5) is 11.9. The maximum atomic E-state index is 11.9. The van der Waals surface area contributed by atoms with Crippen molar-refractivity contribution in [3.63, 3.8) is 0 Å². The number of hydrogen-bond acceptors (Lipinski definition) is 3. The van der Waals surface area contributed by atoms with Gasteiger partial charge in [-0.1, -0.05) is 41.9 Å². The third-order valence-corrected chi connectivity index (χ3v) is 3.55. The molecule has 2 aromatic carbocycles. The maximum absolute atomic E-state index is 11.9. The minimum atomic E-state index is -0.163. The molecule has 0 unspecified atom stereocenters. The molecule has 0 aromatic heterocycles. The molecule has 2 aromatic rings. The molecular weight excluding hydrogens is 298 g/mol. The van der Waals surface area contributed by atoms with Crippen molar-refractivity contribution in [3.05, 3.63) is 64.7 Å². The normalized spacial score (nSPS) is 11.5. The van der Waals surface area contributed by atoms with Crippen LogP contribution in [0.4, 0.5) is 5.69 Å². The second-order valence-electron chi connectivity index (χ2n) is 4.87. The van der Waals surface area contributed by atoms with Crippen LogP contribution in [-0.4, -0.2) is 12.5 Å². The van der Waals surface area contributed by atoms with Gasteiger partial charge in [0.05, 0.1) is 17.1 Å². The molecule has 2 N–H and O–H groups in total. The Labute approximate surface area is 134 Å². The zero-order valence-electron chi connectivity index (χ0n) is 12.1. The zero-order valence-corrected chi connectivity index (χ0v) is 12.9. The van der Waals surface area contributed by atoms with Crippen molar-refractivity contribution in [2.45, 2.75) is 13.0 Å². The van der Waals surface area contributed by atoms with E-state index >= 15 is 0 Å². The molecule has 0 bridgehead atoms. The number of rotatable bonds is 5. The Hall–Kier alpha value is -2.35. The molecule has 4 nitrogen and oxygen atoms in total. The number of nitriles is 1. The van der Waals surface area contributed by atoms with Crippen LogP contribution in [0.15, 0.2) is 48.5 Å². The van der Waals surface area contributed by atoms with E-state index in [0.29, 0.717) is 16.3 Å². The van der Waals surface area contributed by atoms with E-state index in [9.17, 15) is 4.79 Å². The standard InChI is InChI=1S/C17H16ClN3O/c1-12(13-5-3-2-4-6-13)20-11-17(22)21-15-8-7-14(10-19)16(18)9-15/h2-9,12,20H,11H2,1H3,(H,21,22)/t12-/m1/s1. The quantitative estimate of drug-likeness (QED) is 0.888. The maximum Gasteiger partial charge on any atom is 0.238 e. The van der Waals surface area contributed by atoms with Gasteiger partial charge in [-0.25, -0.2) is 0 Å². The lowest BCUT2D eigenvalue weighted by Crippen LogP contribution is -2.30. The van der Waals surface area contributed by atoms with Gasteiger partial charge in [0.2, 0.25) is 5.91 Å². The van der Waals surface area contributed by atoms with Gasteiger partial charge in [-0.2, -0.15) is 5.26 Å². The summed E-state index contributed by atoms with van der Waals surface area (Å²) in [5.74, 6) is -0.163. The Morgan fingerprint density at radius 1 is 1.27 bits per heavy atom. The van der Waals surface area contributed by atoms with Crippen molar-refractivity contribution >= 4 is 23.2 Å². The molecule has 0 aliphatic heterocycles. The Morgan fingerprint density at radius 2 is 2.00 bits per heavy atom. The van der Waals surface area contributed by atoms with Crippen molar-refractivity contribution in [2.24, 2.45) is 0 Å². The van der Waals surface area contributed by atoms with Crippen molar-refractivity contribution in [1.29, 1.82) is 5.26 Å². The summed E-state index contributed by atoms with van der Waals surface area (Å²) in [5, 5.41) is 15.0. The van der Waals surface area contributed by atoms with Gasteiger partial charge < -0.3 is 10.6 Å². The van der Waals surface area contributed by atoms with Crippen LogP contribution in [0.25, 0.3) is 0 Å². The summed E-state index contributed by atoms with van der Waals surface area (Å²) in [6.07, 6.45) is 0. The SMILES string of the molecule is C[C@@H](NCC(=O)Nc1ccc(C#N)c(Cl)c1)c1ccccc1. The highest BCUT2D eigenvalue weighted by atomic mass is 35.5. The minimum Gasteiger partial charge on any atom is -0.325 e. The van der Waals surface area contributed by atoms with E-state index in [1.165, 1.54) is 0 Å². The smallest absolute Gasteiger partial charge is 0.238 e. The fraction of sp³-hybridized carbons (Fsp3) is 0.176. The number of benzene rings is 2. The van der Waals surface area contributed by atoms with Gasteiger partial charge in [-0.05, 0) is 30.7 Å². The molecule has 0 aliphatic rings. The van der Waals surface area contributed by atoms with Gasteiger partial charge >= 0.3 is 0 Å². The Kier molecular flexibility index (Phi) is 5.54. The monoisotopic (exact) mass is 313 g/mol.